The fraction of sp³-hybridized carbons (Fsp3) is 0. The number of nitrogens with two attached hydrogens (primary N) is 1. The smallest absolute Gasteiger partial charge is 0.174 e. The number of phenols is 1. The van der Waals surface area contributed by atoms with Gasteiger partial charge in [-0.05, 0) is 12.1 Å². The van der Waals surface area contributed by atoms with E-state index in [9.17, 15) is 5.11 Å². The van der Waals surface area contributed by atoms with Gasteiger partial charge in [0.05, 0.1) is 0 Å². The molecule has 0 fully saturated rings. The van der Waals surface area contributed by atoms with Gasteiger partial charge in [0.15, 0.2) is 5.70 Å². The molecule has 0 saturated heterocycles. The average Bonchev–Trinajstić information content (AvgIpc) is 2.31. The third kappa shape index (κ3) is 2.60. The van der Waals surface area contributed by atoms with Gasteiger partial charge in [0, 0.05) is 11.8 Å². The molecule has 0 radical (unpaired) electrons. The molecule has 0 aliphatic rings. The van der Waals surface area contributed by atoms with Crippen LogP contribution >= 0.6 is 0 Å². The summed E-state index contributed by atoms with van der Waals surface area (Å²) in [7, 11) is 0. The second-order valence-electron chi connectivity index (χ2n) is 2.80. The zero-order chi connectivity index (χ0) is 12.0. The first kappa shape index (κ1) is 11.3. The normalized spacial score (nSPS) is 11.6. The van der Waals surface area contributed by atoms with Crippen molar-refractivity contribution in [3.63, 3.8) is 0 Å². The van der Waals surface area contributed by atoms with E-state index in [1.165, 1.54) is 12.3 Å². The number of nitrogens with zero attached hydrogens (tertiary/aromatic N) is 3. The van der Waals surface area contributed by atoms with Gasteiger partial charge in [0.25, 0.3) is 0 Å². The first-order valence-corrected chi connectivity index (χ1v) is 4.31. The van der Waals surface area contributed by atoms with Crippen LogP contribution in [0.15, 0.2) is 40.7 Å². The van der Waals surface area contributed by atoms with Gasteiger partial charge < -0.3 is 10.8 Å². The van der Waals surface area contributed by atoms with E-state index >= 15 is 0 Å². The lowest BCUT2D eigenvalue weighted by atomic mass is 10.2. The lowest BCUT2D eigenvalue weighted by Crippen LogP contribution is -1.97. The number of para-hydroxylation sites is 1. The van der Waals surface area contributed by atoms with E-state index in [1.807, 2.05) is 0 Å². The highest BCUT2D eigenvalue weighted by molar-refractivity contribution is 5.84. The molecule has 1 rings (SSSR count). The van der Waals surface area contributed by atoms with Crippen LogP contribution in [0.4, 0.5) is 0 Å². The number of nitriles is 2. The van der Waals surface area contributed by atoms with Crippen molar-refractivity contribution >= 4 is 6.21 Å². The SMILES string of the molecule is N#C/C(N)=C(\C#N)N=Cc1ccccc1O. The van der Waals surface area contributed by atoms with Gasteiger partial charge in [0.1, 0.15) is 23.6 Å². The van der Waals surface area contributed by atoms with Gasteiger partial charge in [-0.15, -0.1) is 0 Å². The lowest BCUT2D eigenvalue weighted by Gasteiger charge is -1.96. The molecule has 3 N–H and O–H groups in total. The maximum atomic E-state index is 9.41. The number of benzene rings is 1. The topological polar surface area (TPSA) is 106 Å². The standard InChI is InChI=1S/C11H8N4O/c12-5-9(14)10(6-13)15-7-8-3-1-2-4-11(8)16/h1-4,7,16H,14H2/b10-9-,15-7?. The van der Waals surface area contributed by atoms with Gasteiger partial charge in [-0.3, -0.25) is 0 Å². The van der Waals surface area contributed by atoms with Crippen molar-refractivity contribution in [1.29, 1.82) is 10.5 Å². The Labute approximate surface area is 92.4 Å². The third-order valence-corrected chi connectivity index (χ3v) is 1.75. The number of rotatable bonds is 2. The second-order valence-corrected chi connectivity index (χ2v) is 2.80. The van der Waals surface area contributed by atoms with Crippen molar-refractivity contribution in [2.45, 2.75) is 0 Å². The van der Waals surface area contributed by atoms with Crippen molar-refractivity contribution in [2.75, 3.05) is 0 Å². The number of phenolic OH excluding ortho intramolecular Hbond substituents is 1. The molecule has 5 heteroatoms. The Hall–Kier alpha value is -2.79. The van der Waals surface area contributed by atoms with Crippen molar-refractivity contribution in [2.24, 2.45) is 10.7 Å². The van der Waals surface area contributed by atoms with Crippen LogP contribution in [-0.2, 0) is 0 Å². The Kier molecular flexibility index (Phi) is 3.65. The van der Waals surface area contributed by atoms with Gasteiger partial charge >= 0.3 is 0 Å². The molecule has 0 aliphatic carbocycles. The quantitative estimate of drug-likeness (QED) is 0.563. The zero-order valence-electron chi connectivity index (χ0n) is 8.25. The van der Waals surface area contributed by atoms with E-state index in [4.69, 9.17) is 16.3 Å². The molecule has 0 heterocycles. The van der Waals surface area contributed by atoms with Crippen LogP contribution in [0.3, 0.4) is 0 Å². The molecule has 1 aromatic rings. The van der Waals surface area contributed by atoms with Crippen LogP contribution in [-0.4, -0.2) is 11.3 Å². The molecule has 0 atom stereocenters. The number of aromatic hydroxyl groups is 1. The molecule has 0 bridgehead atoms. The molecule has 16 heavy (non-hydrogen) atoms. The number of hydrogen-bond acceptors (Lipinski definition) is 5. The van der Waals surface area contributed by atoms with Crippen LogP contribution in [0.2, 0.25) is 0 Å². The molecule has 0 spiro atoms. The van der Waals surface area contributed by atoms with E-state index in [1.54, 1.807) is 30.3 Å². The maximum Gasteiger partial charge on any atom is 0.174 e. The lowest BCUT2D eigenvalue weighted by molar-refractivity contribution is 0.474. The summed E-state index contributed by atoms with van der Waals surface area (Å²) >= 11 is 0. The van der Waals surface area contributed by atoms with E-state index in [2.05, 4.69) is 4.99 Å². The van der Waals surface area contributed by atoms with Crippen LogP contribution in [0.25, 0.3) is 0 Å². The number of hydrogen-bond donors (Lipinski definition) is 2. The van der Waals surface area contributed by atoms with Crippen molar-refractivity contribution < 1.29 is 5.11 Å². The minimum atomic E-state index is -0.255. The second kappa shape index (κ2) is 5.18. The first-order chi connectivity index (χ1) is 7.69. The Morgan fingerprint density at radius 2 is 2.00 bits per heavy atom. The van der Waals surface area contributed by atoms with E-state index in [-0.39, 0.29) is 17.1 Å². The number of aliphatic imine (C=N–C) groups is 1. The molecule has 78 valence electrons. The molecular weight excluding hydrogens is 204 g/mol. The van der Waals surface area contributed by atoms with Gasteiger partial charge in [0.2, 0.25) is 0 Å². The molecule has 0 amide bonds. The molecule has 0 aromatic heterocycles. The molecule has 5 nitrogen and oxygen atoms in total. The summed E-state index contributed by atoms with van der Waals surface area (Å²) < 4.78 is 0. The fourth-order valence-electron chi connectivity index (χ4n) is 0.942. The molecular formula is C11H8N4O. The van der Waals surface area contributed by atoms with Crippen LogP contribution in [0, 0.1) is 22.7 Å². The van der Waals surface area contributed by atoms with E-state index in [0.29, 0.717) is 5.56 Å². The summed E-state index contributed by atoms with van der Waals surface area (Å²) in [6.07, 6.45) is 1.28. The van der Waals surface area contributed by atoms with Crippen molar-refractivity contribution in [3.8, 4) is 17.9 Å². The molecule has 0 unspecified atom stereocenters. The summed E-state index contributed by atoms with van der Waals surface area (Å²) in [6, 6.07) is 9.81. The molecule has 0 aliphatic heterocycles. The molecule has 0 saturated carbocycles. The van der Waals surface area contributed by atoms with Crippen molar-refractivity contribution in [3.05, 3.63) is 41.2 Å². The Balaban J connectivity index is 3.04. The highest BCUT2D eigenvalue weighted by atomic mass is 16.3. The highest BCUT2D eigenvalue weighted by Gasteiger charge is 2.00. The zero-order valence-corrected chi connectivity index (χ0v) is 8.25. The minimum absolute atomic E-state index is 0.0408. The molecule has 1 aromatic carbocycles. The Bertz CT molecular complexity index is 532. The van der Waals surface area contributed by atoms with Gasteiger partial charge in [-0.1, -0.05) is 12.1 Å². The monoisotopic (exact) mass is 212 g/mol. The van der Waals surface area contributed by atoms with Crippen LogP contribution in [0.5, 0.6) is 5.75 Å². The predicted octanol–water partition coefficient (Wildman–Crippen LogP) is 1.03. The van der Waals surface area contributed by atoms with Crippen LogP contribution < -0.4 is 5.73 Å². The van der Waals surface area contributed by atoms with E-state index in [0.717, 1.165) is 0 Å². The summed E-state index contributed by atoms with van der Waals surface area (Å²) in [5.74, 6) is 0.0408. The highest BCUT2D eigenvalue weighted by Crippen LogP contribution is 2.13. The number of allylic oxidation sites excluding steroid dienone is 2. The fourth-order valence-corrected chi connectivity index (χ4v) is 0.942. The minimum Gasteiger partial charge on any atom is -0.507 e. The summed E-state index contributed by atoms with van der Waals surface area (Å²) in [6.45, 7) is 0. The summed E-state index contributed by atoms with van der Waals surface area (Å²) in [5.41, 5.74) is 5.26. The Morgan fingerprint density at radius 1 is 1.31 bits per heavy atom. The van der Waals surface area contributed by atoms with Crippen molar-refractivity contribution in [1.82, 2.24) is 0 Å². The first-order valence-electron chi connectivity index (χ1n) is 4.31. The summed E-state index contributed by atoms with van der Waals surface area (Å²) in [5, 5.41) is 26.5. The average molecular weight is 212 g/mol. The maximum absolute atomic E-state index is 9.41. The largest absolute Gasteiger partial charge is 0.507 e. The van der Waals surface area contributed by atoms with Gasteiger partial charge in [-0.2, -0.15) is 10.5 Å². The van der Waals surface area contributed by atoms with E-state index < -0.39 is 0 Å². The Morgan fingerprint density at radius 3 is 2.56 bits per heavy atom. The third-order valence-electron chi connectivity index (χ3n) is 1.75. The predicted molar refractivity (Wildman–Crippen MR) is 58.1 cm³/mol. The van der Waals surface area contributed by atoms with Crippen LogP contribution in [0.1, 0.15) is 5.56 Å². The summed E-state index contributed by atoms with van der Waals surface area (Å²) in [4.78, 5) is 3.73. The van der Waals surface area contributed by atoms with Gasteiger partial charge in [-0.25, -0.2) is 4.99 Å².